The van der Waals surface area contributed by atoms with Gasteiger partial charge in [-0.25, -0.2) is 13.8 Å². The molecule has 4 heteroatoms. The molecule has 2 aromatic heterocycles. The molecule has 0 aliphatic rings. The third kappa shape index (κ3) is 2.13. The molecule has 0 aliphatic carbocycles. The smallest absolute Gasteiger partial charge is 0.135 e. The Kier molecular flexibility index (Phi) is 2.93. The molecule has 0 saturated carbocycles. The zero-order valence-corrected chi connectivity index (χ0v) is 11.1. The lowest BCUT2D eigenvalue weighted by atomic mass is 10.1. The van der Waals surface area contributed by atoms with E-state index in [2.05, 4.69) is 9.97 Å². The number of nitrogens with zero attached hydrogens (tertiary/aromatic N) is 2. The highest BCUT2D eigenvalue weighted by Crippen LogP contribution is 2.26. The normalized spacial score (nSPS) is 11.0. The minimum Gasteiger partial charge on any atom is -0.255 e. The van der Waals surface area contributed by atoms with E-state index in [0.717, 1.165) is 17.2 Å². The molecular formula is C16H12F2N2. The summed E-state index contributed by atoms with van der Waals surface area (Å²) in [6.07, 6.45) is 1.70. The molecule has 3 rings (SSSR count). The van der Waals surface area contributed by atoms with Crippen LogP contribution in [0.15, 0.2) is 36.5 Å². The van der Waals surface area contributed by atoms with Crippen LogP contribution < -0.4 is 0 Å². The number of halogens is 2. The molecule has 0 unspecified atom stereocenters. The van der Waals surface area contributed by atoms with Gasteiger partial charge in [0.1, 0.15) is 11.6 Å². The van der Waals surface area contributed by atoms with Gasteiger partial charge in [0.2, 0.25) is 0 Å². The van der Waals surface area contributed by atoms with E-state index in [1.807, 2.05) is 26.0 Å². The zero-order chi connectivity index (χ0) is 14.3. The van der Waals surface area contributed by atoms with E-state index < -0.39 is 11.6 Å². The van der Waals surface area contributed by atoms with Gasteiger partial charge in [0.15, 0.2) is 0 Å². The minimum atomic E-state index is -0.630. The third-order valence-electron chi connectivity index (χ3n) is 3.20. The van der Waals surface area contributed by atoms with Crippen LogP contribution in [-0.2, 0) is 0 Å². The molecule has 1 aromatic carbocycles. The van der Waals surface area contributed by atoms with Crippen molar-refractivity contribution in [1.82, 2.24) is 9.97 Å². The Balaban J connectivity index is 2.29. The van der Waals surface area contributed by atoms with Crippen molar-refractivity contribution >= 4 is 10.9 Å². The molecule has 2 nitrogen and oxygen atoms in total. The molecule has 0 spiro atoms. The fraction of sp³-hybridized carbons (Fsp3) is 0.125. The number of aromatic nitrogens is 2. The Morgan fingerprint density at radius 2 is 1.80 bits per heavy atom. The van der Waals surface area contributed by atoms with E-state index in [9.17, 15) is 8.78 Å². The van der Waals surface area contributed by atoms with Crippen molar-refractivity contribution in [2.45, 2.75) is 13.8 Å². The van der Waals surface area contributed by atoms with Crippen LogP contribution in [0.4, 0.5) is 8.78 Å². The predicted octanol–water partition coefficient (Wildman–Crippen LogP) is 4.19. The molecule has 0 radical (unpaired) electrons. The van der Waals surface area contributed by atoms with Crippen LogP contribution >= 0.6 is 0 Å². The standard InChI is InChI=1S/C16H12F2N2/c1-9-3-4-19-15(5-9)16-10(2)6-12-13(18)7-11(17)8-14(12)20-16/h3-8H,1-2H3. The van der Waals surface area contributed by atoms with E-state index in [1.54, 1.807) is 12.3 Å². The first-order valence-corrected chi connectivity index (χ1v) is 6.24. The molecule has 20 heavy (non-hydrogen) atoms. The van der Waals surface area contributed by atoms with Crippen LogP contribution in [0, 0.1) is 25.5 Å². The Morgan fingerprint density at radius 3 is 2.55 bits per heavy atom. The second-order valence-corrected chi connectivity index (χ2v) is 4.83. The summed E-state index contributed by atoms with van der Waals surface area (Å²) in [5, 5.41) is 0.320. The number of rotatable bonds is 1. The quantitative estimate of drug-likeness (QED) is 0.662. The summed E-state index contributed by atoms with van der Waals surface area (Å²) in [6.45, 7) is 3.80. The lowest BCUT2D eigenvalue weighted by molar-refractivity contribution is 0.591. The summed E-state index contributed by atoms with van der Waals surface area (Å²) in [7, 11) is 0. The van der Waals surface area contributed by atoms with Crippen LogP contribution in [0.25, 0.3) is 22.3 Å². The van der Waals surface area contributed by atoms with Gasteiger partial charge in [-0.1, -0.05) is 0 Å². The zero-order valence-electron chi connectivity index (χ0n) is 11.1. The topological polar surface area (TPSA) is 25.8 Å². The van der Waals surface area contributed by atoms with Crippen molar-refractivity contribution in [3.63, 3.8) is 0 Å². The highest BCUT2D eigenvalue weighted by Gasteiger charge is 2.11. The van der Waals surface area contributed by atoms with Gasteiger partial charge in [-0.15, -0.1) is 0 Å². The highest BCUT2D eigenvalue weighted by atomic mass is 19.1. The molecule has 100 valence electrons. The number of hydrogen-bond donors (Lipinski definition) is 0. The van der Waals surface area contributed by atoms with Gasteiger partial charge in [0.05, 0.1) is 16.9 Å². The van der Waals surface area contributed by atoms with Crippen LogP contribution in [0.5, 0.6) is 0 Å². The summed E-state index contributed by atoms with van der Waals surface area (Å²) >= 11 is 0. The van der Waals surface area contributed by atoms with Crippen molar-refractivity contribution in [3.8, 4) is 11.4 Å². The van der Waals surface area contributed by atoms with Crippen molar-refractivity contribution in [1.29, 1.82) is 0 Å². The van der Waals surface area contributed by atoms with Crippen LogP contribution in [0.3, 0.4) is 0 Å². The fourth-order valence-electron chi connectivity index (χ4n) is 2.23. The molecule has 2 heterocycles. The second kappa shape index (κ2) is 4.63. The molecule has 0 atom stereocenters. The Bertz CT molecular complexity index is 813. The largest absolute Gasteiger partial charge is 0.255 e. The van der Waals surface area contributed by atoms with Crippen molar-refractivity contribution in [2.24, 2.45) is 0 Å². The average molecular weight is 270 g/mol. The van der Waals surface area contributed by atoms with Gasteiger partial charge in [0, 0.05) is 23.7 Å². The summed E-state index contributed by atoms with van der Waals surface area (Å²) in [5.41, 5.74) is 3.51. The summed E-state index contributed by atoms with van der Waals surface area (Å²) in [6, 6.07) is 7.57. The molecule has 0 fully saturated rings. The molecule has 0 bridgehead atoms. The first kappa shape index (κ1) is 12.7. The summed E-state index contributed by atoms with van der Waals surface area (Å²) in [4.78, 5) is 8.64. The molecule has 0 aliphatic heterocycles. The van der Waals surface area contributed by atoms with E-state index in [4.69, 9.17) is 0 Å². The van der Waals surface area contributed by atoms with E-state index in [-0.39, 0.29) is 0 Å². The van der Waals surface area contributed by atoms with Crippen LogP contribution in [-0.4, -0.2) is 9.97 Å². The maximum absolute atomic E-state index is 13.7. The van der Waals surface area contributed by atoms with Crippen molar-refractivity contribution in [2.75, 3.05) is 0 Å². The predicted molar refractivity (Wildman–Crippen MR) is 74.4 cm³/mol. The maximum Gasteiger partial charge on any atom is 0.135 e. The molecule has 0 amide bonds. The second-order valence-electron chi connectivity index (χ2n) is 4.83. The third-order valence-corrected chi connectivity index (χ3v) is 3.20. The number of fused-ring (bicyclic) bond motifs is 1. The minimum absolute atomic E-state index is 0.298. The van der Waals surface area contributed by atoms with Gasteiger partial charge in [-0.2, -0.15) is 0 Å². The number of pyridine rings is 2. The van der Waals surface area contributed by atoms with E-state index >= 15 is 0 Å². The highest BCUT2D eigenvalue weighted by molar-refractivity contribution is 5.83. The van der Waals surface area contributed by atoms with Crippen LogP contribution in [0.1, 0.15) is 11.1 Å². The lowest BCUT2D eigenvalue weighted by Gasteiger charge is -2.08. The monoisotopic (exact) mass is 270 g/mol. The van der Waals surface area contributed by atoms with Crippen molar-refractivity contribution < 1.29 is 8.78 Å². The Hall–Kier alpha value is -2.36. The first-order chi connectivity index (χ1) is 9.54. The van der Waals surface area contributed by atoms with E-state index in [0.29, 0.717) is 22.3 Å². The summed E-state index contributed by atoms with van der Waals surface area (Å²) < 4.78 is 27.0. The molecule has 0 N–H and O–H groups in total. The molecule has 3 aromatic rings. The first-order valence-electron chi connectivity index (χ1n) is 6.24. The Morgan fingerprint density at radius 1 is 1.00 bits per heavy atom. The van der Waals surface area contributed by atoms with Crippen LogP contribution in [0.2, 0.25) is 0 Å². The van der Waals surface area contributed by atoms with Gasteiger partial charge >= 0.3 is 0 Å². The fourth-order valence-corrected chi connectivity index (χ4v) is 2.23. The van der Waals surface area contributed by atoms with Gasteiger partial charge in [0.25, 0.3) is 0 Å². The number of benzene rings is 1. The molecular weight excluding hydrogens is 258 g/mol. The number of aryl methyl sites for hydroxylation is 2. The lowest BCUT2D eigenvalue weighted by Crippen LogP contribution is -1.95. The summed E-state index contributed by atoms with van der Waals surface area (Å²) in [5.74, 6) is -1.23. The van der Waals surface area contributed by atoms with Gasteiger partial charge < -0.3 is 0 Å². The van der Waals surface area contributed by atoms with E-state index in [1.165, 1.54) is 6.07 Å². The van der Waals surface area contributed by atoms with Gasteiger partial charge in [-0.3, -0.25) is 4.98 Å². The SMILES string of the molecule is Cc1ccnc(-c2nc3cc(F)cc(F)c3cc2C)c1. The Labute approximate surface area is 115 Å². The maximum atomic E-state index is 13.7. The molecule has 0 saturated heterocycles. The average Bonchev–Trinajstić information content (AvgIpc) is 2.39. The van der Waals surface area contributed by atoms with Crippen molar-refractivity contribution in [3.05, 3.63) is 59.3 Å². The number of hydrogen-bond acceptors (Lipinski definition) is 2. The van der Waals surface area contributed by atoms with Gasteiger partial charge in [-0.05, 0) is 43.2 Å².